The van der Waals surface area contributed by atoms with Gasteiger partial charge in [0.2, 0.25) is 5.95 Å². The van der Waals surface area contributed by atoms with Gasteiger partial charge in [0, 0.05) is 0 Å². The summed E-state index contributed by atoms with van der Waals surface area (Å²) in [5, 5.41) is 7.48. The summed E-state index contributed by atoms with van der Waals surface area (Å²) in [7, 11) is 0. The average Bonchev–Trinajstić information content (AvgIpc) is 2.34. The second-order valence-corrected chi connectivity index (χ2v) is 2.29. The van der Waals surface area contributed by atoms with Crippen molar-refractivity contribution in [1.82, 2.24) is 14.6 Å². The van der Waals surface area contributed by atoms with Gasteiger partial charge in [0.05, 0.1) is 0 Å². The first-order valence-corrected chi connectivity index (χ1v) is 3.25. The Labute approximate surface area is 62.5 Å². The molecule has 0 aliphatic heterocycles. The van der Waals surface area contributed by atoms with Crippen LogP contribution in [0.4, 0.5) is 4.39 Å². The monoisotopic (exact) mass is 151 g/mol. The molecule has 0 unspecified atom stereocenters. The van der Waals surface area contributed by atoms with Crippen LogP contribution in [0, 0.1) is 12.9 Å². The smallest absolute Gasteiger partial charge is 0.200 e. The molecule has 0 saturated heterocycles. The lowest BCUT2D eigenvalue weighted by Gasteiger charge is -1.93. The van der Waals surface area contributed by atoms with Crippen molar-refractivity contribution in [3.8, 4) is 0 Å². The van der Waals surface area contributed by atoms with Crippen molar-refractivity contribution < 1.29 is 4.39 Å². The molecule has 0 aromatic carbocycles. The number of hydrogen-bond acceptors (Lipinski definition) is 2. The normalized spacial score (nSPS) is 10.7. The maximum atomic E-state index is 13.0. The van der Waals surface area contributed by atoms with E-state index in [-0.39, 0.29) is 5.95 Å². The molecule has 0 amide bonds. The summed E-state index contributed by atoms with van der Waals surface area (Å²) in [6, 6.07) is 4.70. The molecule has 0 aliphatic rings. The standard InChI is InChI=1S/C7H6FN3/c1-5-9-10-7-4-2-3-6(8)11(5)7/h2-4H,1H3. The Morgan fingerprint density at radius 1 is 1.36 bits per heavy atom. The minimum atomic E-state index is -0.329. The van der Waals surface area contributed by atoms with E-state index in [1.165, 1.54) is 10.5 Å². The average molecular weight is 151 g/mol. The number of rotatable bonds is 0. The van der Waals surface area contributed by atoms with Crippen molar-refractivity contribution in [3.63, 3.8) is 0 Å². The number of fused-ring (bicyclic) bond motifs is 1. The molecule has 56 valence electrons. The van der Waals surface area contributed by atoms with Crippen LogP contribution >= 0.6 is 0 Å². The molecule has 0 radical (unpaired) electrons. The molecule has 2 rings (SSSR count). The first-order chi connectivity index (χ1) is 5.29. The Bertz CT molecular complexity index is 393. The predicted octanol–water partition coefficient (Wildman–Crippen LogP) is 1.18. The van der Waals surface area contributed by atoms with E-state index in [4.69, 9.17) is 0 Å². The number of pyridine rings is 1. The van der Waals surface area contributed by atoms with Crippen LogP contribution in [-0.2, 0) is 0 Å². The third-order valence-electron chi connectivity index (χ3n) is 1.54. The predicted molar refractivity (Wildman–Crippen MR) is 37.7 cm³/mol. The summed E-state index contributed by atoms with van der Waals surface area (Å²) < 4.78 is 14.3. The Morgan fingerprint density at radius 3 is 2.91 bits per heavy atom. The van der Waals surface area contributed by atoms with Crippen LogP contribution in [0.3, 0.4) is 0 Å². The van der Waals surface area contributed by atoms with Crippen molar-refractivity contribution in [3.05, 3.63) is 30.0 Å². The molecule has 0 aliphatic carbocycles. The van der Waals surface area contributed by atoms with Gasteiger partial charge >= 0.3 is 0 Å². The zero-order chi connectivity index (χ0) is 7.84. The van der Waals surface area contributed by atoms with E-state index in [1.807, 2.05) is 0 Å². The Balaban J connectivity index is 2.96. The topological polar surface area (TPSA) is 30.2 Å². The summed E-state index contributed by atoms with van der Waals surface area (Å²) in [6.45, 7) is 1.71. The highest BCUT2D eigenvalue weighted by Gasteiger charge is 2.02. The zero-order valence-corrected chi connectivity index (χ0v) is 5.95. The number of hydrogen-bond donors (Lipinski definition) is 0. The molecule has 2 aromatic heterocycles. The van der Waals surface area contributed by atoms with Gasteiger partial charge in [-0.1, -0.05) is 6.07 Å². The molecular weight excluding hydrogens is 145 g/mol. The maximum absolute atomic E-state index is 13.0. The lowest BCUT2D eigenvalue weighted by molar-refractivity contribution is 0.562. The third kappa shape index (κ3) is 0.790. The number of aromatic nitrogens is 3. The number of nitrogens with zero attached hydrogens (tertiary/aromatic N) is 3. The quantitative estimate of drug-likeness (QED) is 0.529. The highest BCUT2D eigenvalue weighted by atomic mass is 19.1. The molecule has 2 aromatic rings. The van der Waals surface area contributed by atoms with Crippen LogP contribution < -0.4 is 0 Å². The van der Waals surface area contributed by atoms with Crippen LogP contribution in [0.15, 0.2) is 18.2 Å². The van der Waals surface area contributed by atoms with Gasteiger partial charge in [-0.3, -0.25) is 4.40 Å². The highest BCUT2D eigenvalue weighted by Crippen LogP contribution is 2.05. The SMILES string of the molecule is Cc1nnc2cccc(F)n12. The van der Waals surface area contributed by atoms with E-state index in [9.17, 15) is 4.39 Å². The van der Waals surface area contributed by atoms with Gasteiger partial charge in [-0.25, -0.2) is 0 Å². The van der Waals surface area contributed by atoms with E-state index in [0.29, 0.717) is 11.5 Å². The van der Waals surface area contributed by atoms with Crippen LogP contribution in [0.2, 0.25) is 0 Å². The zero-order valence-electron chi connectivity index (χ0n) is 5.95. The molecule has 3 nitrogen and oxygen atoms in total. The molecule has 0 saturated carbocycles. The fraction of sp³-hybridized carbons (Fsp3) is 0.143. The summed E-state index contributed by atoms with van der Waals surface area (Å²) >= 11 is 0. The molecule has 4 heteroatoms. The largest absolute Gasteiger partial charge is 0.255 e. The fourth-order valence-electron chi connectivity index (χ4n) is 1.04. The molecule has 0 spiro atoms. The minimum Gasteiger partial charge on any atom is -0.255 e. The summed E-state index contributed by atoms with van der Waals surface area (Å²) in [4.78, 5) is 0. The van der Waals surface area contributed by atoms with E-state index in [1.54, 1.807) is 19.1 Å². The van der Waals surface area contributed by atoms with Crippen molar-refractivity contribution >= 4 is 5.65 Å². The molecule has 2 heterocycles. The van der Waals surface area contributed by atoms with Gasteiger partial charge in [-0.15, -0.1) is 10.2 Å². The summed E-state index contributed by atoms with van der Waals surface area (Å²) in [6.07, 6.45) is 0. The van der Waals surface area contributed by atoms with Gasteiger partial charge < -0.3 is 0 Å². The second-order valence-electron chi connectivity index (χ2n) is 2.29. The molecule has 0 fully saturated rings. The van der Waals surface area contributed by atoms with Crippen LogP contribution in [-0.4, -0.2) is 14.6 Å². The van der Waals surface area contributed by atoms with Crippen molar-refractivity contribution in [2.75, 3.05) is 0 Å². The van der Waals surface area contributed by atoms with E-state index in [2.05, 4.69) is 10.2 Å². The van der Waals surface area contributed by atoms with E-state index < -0.39 is 0 Å². The fourth-order valence-corrected chi connectivity index (χ4v) is 1.04. The minimum absolute atomic E-state index is 0.329. The Morgan fingerprint density at radius 2 is 2.18 bits per heavy atom. The number of aryl methyl sites for hydroxylation is 1. The molecule has 0 atom stereocenters. The van der Waals surface area contributed by atoms with Crippen LogP contribution in [0.1, 0.15) is 5.82 Å². The van der Waals surface area contributed by atoms with Gasteiger partial charge in [-0.05, 0) is 19.1 Å². The van der Waals surface area contributed by atoms with Gasteiger partial charge in [0.15, 0.2) is 5.65 Å². The summed E-state index contributed by atoms with van der Waals surface area (Å²) in [5.74, 6) is 0.239. The number of halogens is 1. The second kappa shape index (κ2) is 2.02. The van der Waals surface area contributed by atoms with Crippen molar-refractivity contribution in [2.45, 2.75) is 6.92 Å². The molecular formula is C7H6FN3. The lowest BCUT2D eigenvalue weighted by atomic mass is 10.4. The maximum Gasteiger partial charge on any atom is 0.200 e. The highest BCUT2D eigenvalue weighted by molar-refractivity contribution is 5.37. The van der Waals surface area contributed by atoms with Crippen molar-refractivity contribution in [2.24, 2.45) is 0 Å². The molecule has 0 N–H and O–H groups in total. The van der Waals surface area contributed by atoms with Crippen LogP contribution in [0.25, 0.3) is 5.65 Å². The Kier molecular flexibility index (Phi) is 1.15. The van der Waals surface area contributed by atoms with Gasteiger partial charge in [-0.2, -0.15) is 4.39 Å². The first-order valence-electron chi connectivity index (χ1n) is 3.25. The van der Waals surface area contributed by atoms with Crippen LogP contribution in [0.5, 0.6) is 0 Å². The van der Waals surface area contributed by atoms with E-state index >= 15 is 0 Å². The van der Waals surface area contributed by atoms with Crippen molar-refractivity contribution in [1.29, 1.82) is 0 Å². The Hall–Kier alpha value is -1.45. The van der Waals surface area contributed by atoms with Gasteiger partial charge in [0.1, 0.15) is 5.82 Å². The molecule has 11 heavy (non-hydrogen) atoms. The van der Waals surface area contributed by atoms with Gasteiger partial charge in [0.25, 0.3) is 0 Å². The van der Waals surface area contributed by atoms with E-state index in [0.717, 1.165) is 0 Å². The lowest BCUT2D eigenvalue weighted by Crippen LogP contribution is -1.93. The first kappa shape index (κ1) is 6.27. The third-order valence-corrected chi connectivity index (χ3v) is 1.54. The summed E-state index contributed by atoms with van der Waals surface area (Å²) in [5.41, 5.74) is 0.544. The molecule has 0 bridgehead atoms.